The molecule has 0 bridgehead atoms. The summed E-state index contributed by atoms with van der Waals surface area (Å²) < 4.78 is 0. The Morgan fingerprint density at radius 3 is 2.67 bits per heavy atom. The average molecular weight is 279 g/mol. The van der Waals surface area contributed by atoms with Gasteiger partial charge in [0.1, 0.15) is 5.15 Å². The molecule has 18 heavy (non-hydrogen) atoms. The van der Waals surface area contributed by atoms with Gasteiger partial charge in [-0.2, -0.15) is 4.99 Å². The van der Waals surface area contributed by atoms with Crippen molar-refractivity contribution in [1.82, 2.24) is 4.98 Å². The molecule has 0 radical (unpaired) electrons. The van der Waals surface area contributed by atoms with Crippen molar-refractivity contribution >= 4 is 40.2 Å². The van der Waals surface area contributed by atoms with E-state index in [1.54, 1.807) is 12.1 Å². The van der Waals surface area contributed by atoms with Crippen LogP contribution < -0.4 is 0 Å². The minimum absolute atomic E-state index is 0.429. The molecule has 3 rings (SSSR count). The fourth-order valence-electron chi connectivity index (χ4n) is 2.15. The van der Waals surface area contributed by atoms with E-state index < -0.39 is 5.54 Å². The van der Waals surface area contributed by atoms with Crippen molar-refractivity contribution in [2.24, 2.45) is 4.99 Å². The highest BCUT2D eigenvalue weighted by Crippen LogP contribution is 2.52. The second-order valence-corrected chi connectivity index (χ2v) is 5.13. The molecule has 1 aliphatic rings. The highest BCUT2D eigenvalue weighted by atomic mass is 35.5. The third kappa shape index (κ3) is 1.72. The lowest BCUT2D eigenvalue weighted by Crippen LogP contribution is -2.03. The van der Waals surface area contributed by atoms with Gasteiger partial charge in [-0.25, -0.2) is 9.78 Å². The van der Waals surface area contributed by atoms with Gasteiger partial charge in [0.2, 0.25) is 6.08 Å². The van der Waals surface area contributed by atoms with Gasteiger partial charge >= 0.3 is 0 Å². The summed E-state index contributed by atoms with van der Waals surface area (Å²) in [5, 5.41) is 1.84. The van der Waals surface area contributed by atoms with Gasteiger partial charge in [-0.3, -0.25) is 0 Å². The number of carbonyl (C=O) groups excluding carboxylic acids is 1. The molecule has 1 fully saturated rings. The molecule has 1 aromatic heterocycles. The normalized spacial score (nSPS) is 16.3. The van der Waals surface area contributed by atoms with E-state index in [2.05, 4.69) is 9.98 Å². The van der Waals surface area contributed by atoms with Crippen LogP contribution in [0.3, 0.4) is 0 Å². The minimum atomic E-state index is -0.466. The molecule has 90 valence electrons. The first-order valence-corrected chi connectivity index (χ1v) is 6.26. The standard InChI is InChI=1S/C13H8Cl2N2O/c14-11-4-1-8-10(17-11)3-2-9(12(8)15)13(5-6-13)16-7-18/h1-4H,5-6H2. The highest BCUT2D eigenvalue weighted by Gasteiger charge is 2.46. The van der Waals surface area contributed by atoms with Crippen molar-refractivity contribution in [3.8, 4) is 0 Å². The Hall–Kier alpha value is -1.41. The molecule has 1 aliphatic carbocycles. The Morgan fingerprint density at radius 1 is 1.22 bits per heavy atom. The third-order valence-electron chi connectivity index (χ3n) is 3.26. The smallest absolute Gasteiger partial charge is 0.235 e. The Bertz CT molecular complexity index is 689. The zero-order chi connectivity index (χ0) is 12.8. The highest BCUT2D eigenvalue weighted by molar-refractivity contribution is 6.36. The first-order valence-electron chi connectivity index (χ1n) is 5.50. The van der Waals surface area contributed by atoms with E-state index in [0.717, 1.165) is 29.3 Å². The number of fused-ring (bicyclic) bond motifs is 1. The topological polar surface area (TPSA) is 42.3 Å². The summed E-state index contributed by atoms with van der Waals surface area (Å²) in [7, 11) is 0. The van der Waals surface area contributed by atoms with Crippen molar-refractivity contribution in [3.05, 3.63) is 40.0 Å². The Kier molecular flexibility index (Phi) is 2.63. The third-order valence-corrected chi connectivity index (χ3v) is 3.87. The van der Waals surface area contributed by atoms with Gasteiger partial charge < -0.3 is 0 Å². The number of isocyanates is 1. The minimum Gasteiger partial charge on any atom is -0.236 e. The van der Waals surface area contributed by atoms with Crippen LogP contribution in [-0.4, -0.2) is 11.1 Å². The molecule has 1 aromatic carbocycles. The predicted molar refractivity (Wildman–Crippen MR) is 70.8 cm³/mol. The van der Waals surface area contributed by atoms with E-state index in [-0.39, 0.29) is 0 Å². The van der Waals surface area contributed by atoms with Gasteiger partial charge in [0.15, 0.2) is 0 Å². The summed E-state index contributed by atoms with van der Waals surface area (Å²) >= 11 is 12.2. The maximum atomic E-state index is 10.5. The summed E-state index contributed by atoms with van der Waals surface area (Å²) in [6.07, 6.45) is 3.29. The number of rotatable bonds is 2. The molecule has 2 aromatic rings. The number of pyridine rings is 1. The fraction of sp³-hybridized carbons (Fsp3) is 0.231. The first-order chi connectivity index (χ1) is 8.66. The molecular formula is C13H8Cl2N2O. The molecule has 0 unspecified atom stereocenters. The van der Waals surface area contributed by atoms with E-state index in [9.17, 15) is 4.79 Å². The SMILES string of the molecule is O=C=NC1(c2ccc3nc(Cl)ccc3c2Cl)CC1. The molecule has 1 heterocycles. The molecular weight excluding hydrogens is 271 g/mol. The monoisotopic (exact) mass is 278 g/mol. The summed E-state index contributed by atoms with van der Waals surface area (Å²) in [5.41, 5.74) is 1.14. The van der Waals surface area contributed by atoms with Crippen molar-refractivity contribution in [2.45, 2.75) is 18.4 Å². The number of aliphatic imine (C=N–C) groups is 1. The summed E-state index contributed by atoms with van der Waals surface area (Å²) in [5.74, 6) is 0. The van der Waals surface area contributed by atoms with Crippen LogP contribution in [0.2, 0.25) is 10.2 Å². The molecule has 0 aliphatic heterocycles. The lowest BCUT2D eigenvalue weighted by Gasteiger charge is -2.12. The molecule has 0 spiro atoms. The van der Waals surface area contributed by atoms with Gasteiger partial charge in [0.05, 0.1) is 16.1 Å². The quantitative estimate of drug-likeness (QED) is 0.476. The fourth-order valence-corrected chi connectivity index (χ4v) is 2.70. The van der Waals surface area contributed by atoms with Crippen molar-refractivity contribution < 1.29 is 4.79 Å². The number of hydrogen-bond acceptors (Lipinski definition) is 3. The Morgan fingerprint density at radius 2 is 2.00 bits per heavy atom. The van der Waals surface area contributed by atoms with Gasteiger partial charge in [-0.1, -0.05) is 29.3 Å². The van der Waals surface area contributed by atoms with Crippen LogP contribution in [0.1, 0.15) is 18.4 Å². The van der Waals surface area contributed by atoms with E-state index in [0.29, 0.717) is 10.2 Å². The maximum absolute atomic E-state index is 10.5. The molecule has 0 N–H and O–H groups in total. The van der Waals surface area contributed by atoms with Crippen molar-refractivity contribution in [3.63, 3.8) is 0 Å². The zero-order valence-corrected chi connectivity index (χ0v) is 10.8. The van der Waals surface area contributed by atoms with Crippen LogP contribution in [0, 0.1) is 0 Å². The van der Waals surface area contributed by atoms with Crippen LogP contribution >= 0.6 is 23.2 Å². The van der Waals surface area contributed by atoms with Gasteiger partial charge in [-0.05, 0) is 36.6 Å². The Balaban J connectivity index is 2.24. The van der Waals surface area contributed by atoms with Crippen molar-refractivity contribution in [2.75, 3.05) is 0 Å². The van der Waals surface area contributed by atoms with Crippen molar-refractivity contribution in [1.29, 1.82) is 0 Å². The van der Waals surface area contributed by atoms with E-state index in [1.807, 2.05) is 18.2 Å². The number of aromatic nitrogens is 1. The number of hydrogen-bond donors (Lipinski definition) is 0. The maximum Gasteiger partial charge on any atom is 0.235 e. The summed E-state index contributed by atoms with van der Waals surface area (Å²) in [6.45, 7) is 0. The molecule has 5 heteroatoms. The average Bonchev–Trinajstić information content (AvgIpc) is 3.10. The molecule has 0 amide bonds. The molecule has 3 nitrogen and oxygen atoms in total. The first kappa shape index (κ1) is 11.7. The van der Waals surface area contributed by atoms with Crippen LogP contribution in [0.25, 0.3) is 10.9 Å². The van der Waals surface area contributed by atoms with Crippen LogP contribution in [0.15, 0.2) is 29.3 Å². The molecule has 0 atom stereocenters. The summed E-state index contributed by atoms with van der Waals surface area (Å²) in [4.78, 5) is 18.6. The van der Waals surface area contributed by atoms with E-state index >= 15 is 0 Å². The lowest BCUT2D eigenvalue weighted by molar-refractivity contribution is 0.556. The van der Waals surface area contributed by atoms with Crippen LogP contribution in [0.4, 0.5) is 0 Å². The predicted octanol–water partition coefficient (Wildman–Crippen LogP) is 3.87. The zero-order valence-electron chi connectivity index (χ0n) is 9.28. The van der Waals surface area contributed by atoms with Gasteiger partial charge in [0.25, 0.3) is 0 Å². The Labute approximate surface area is 113 Å². The lowest BCUT2D eigenvalue weighted by atomic mass is 10.0. The number of halogens is 2. The van der Waals surface area contributed by atoms with Gasteiger partial charge in [0, 0.05) is 5.39 Å². The largest absolute Gasteiger partial charge is 0.236 e. The number of nitrogens with zero attached hydrogens (tertiary/aromatic N) is 2. The summed E-state index contributed by atoms with van der Waals surface area (Å²) in [6, 6.07) is 7.24. The second-order valence-electron chi connectivity index (χ2n) is 4.36. The molecule has 0 saturated heterocycles. The molecule has 1 saturated carbocycles. The van der Waals surface area contributed by atoms with Crippen LogP contribution in [0.5, 0.6) is 0 Å². The van der Waals surface area contributed by atoms with E-state index in [1.165, 1.54) is 0 Å². The second kappa shape index (κ2) is 4.06. The van der Waals surface area contributed by atoms with Gasteiger partial charge in [-0.15, -0.1) is 0 Å². The van der Waals surface area contributed by atoms with E-state index in [4.69, 9.17) is 23.2 Å². The number of benzene rings is 1. The van der Waals surface area contributed by atoms with Crippen LogP contribution in [-0.2, 0) is 10.3 Å².